The molecule has 0 aromatic heterocycles. The number of rotatable bonds is 2. The quantitative estimate of drug-likeness (QED) is 0.610. The molecule has 0 bridgehead atoms. The molecule has 2 aliphatic carbocycles. The molecular formula is C20H18FeO2. The molecule has 0 N–H and O–H groups in total. The van der Waals surface area contributed by atoms with Gasteiger partial charge in [0.1, 0.15) is 0 Å². The van der Waals surface area contributed by atoms with E-state index in [1.54, 1.807) is 0 Å². The molecule has 0 aliphatic heterocycles. The van der Waals surface area contributed by atoms with E-state index in [2.05, 4.69) is 0 Å². The number of allylic oxidation sites excluding steroid dienone is 11. The summed E-state index contributed by atoms with van der Waals surface area (Å²) < 4.78 is 0. The first-order chi connectivity index (χ1) is 10.7. The molecule has 0 unspecified atom stereocenters. The van der Waals surface area contributed by atoms with E-state index < -0.39 is 0 Å². The largest absolute Gasteiger partial charge is 2.00 e. The Bertz CT molecular complexity index is 662. The van der Waals surface area contributed by atoms with Gasteiger partial charge in [-0.05, 0) is 23.1 Å². The van der Waals surface area contributed by atoms with E-state index in [0.29, 0.717) is 6.42 Å². The van der Waals surface area contributed by atoms with Crippen LogP contribution in [-0.2, 0) is 17.1 Å². The van der Waals surface area contributed by atoms with Gasteiger partial charge in [-0.15, -0.1) is 5.76 Å². The first-order valence-electron chi connectivity index (χ1n) is 7.28. The predicted molar refractivity (Wildman–Crippen MR) is 87.2 cm³/mol. The average molecular weight is 346 g/mol. The van der Waals surface area contributed by atoms with Crippen LogP contribution in [0.4, 0.5) is 0 Å². The van der Waals surface area contributed by atoms with Gasteiger partial charge >= 0.3 is 17.1 Å². The van der Waals surface area contributed by atoms with Crippen LogP contribution in [0.2, 0.25) is 0 Å². The van der Waals surface area contributed by atoms with E-state index in [0.717, 1.165) is 16.7 Å². The fourth-order valence-corrected chi connectivity index (χ4v) is 2.05. The second-order valence-corrected chi connectivity index (χ2v) is 4.82. The van der Waals surface area contributed by atoms with Crippen LogP contribution in [0.1, 0.15) is 18.9 Å². The zero-order valence-corrected chi connectivity index (χ0v) is 14.0. The van der Waals surface area contributed by atoms with Crippen molar-refractivity contribution in [2.45, 2.75) is 13.3 Å². The molecule has 0 radical (unpaired) electrons. The van der Waals surface area contributed by atoms with E-state index in [1.807, 2.05) is 85.9 Å². The second-order valence-electron chi connectivity index (χ2n) is 4.82. The predicted octanol–water partition coefficient (Wildman–Crippen LogP) is 3.02. The third kappa shape index (κ3) is 5.48. The van der Waals surface area contributed by atoms with Gasteiger partial charge in [-0.3, -0.25) is 0 Å². The Kier molecular flexibility index (Phi) is 7.96. The smallest absolute Gasteiger partial charge is 0.875 e. The van der Waals surface area contributed by atoms with Gasteiger partial charge in [-0.1, -0.05) is 91.6 Å². The average Bonchev–Trinajstić information content (AvgIpc) is 3.28. The molecular weight excluding hydrogens is 328 g/mol. The van der Waals surface area contributed by atoms with Crippen LogP contribution in [0.15, 0.2) is 95.8 Å². The number of benzene rings is 1. The Hall–Kier alpha value is -2.22. The summed E-state index contributed by atoms with van der Waals surface area (Å²) in [5.74, 6) is 0.311. The molecule has 1 aromatic carbocycles. The van der Waals surface area contributed by atoms with E-state index in [1.165, 1.54) is 0 Å². The second kappa shape index (κ2) is 9.73. The summed E-state index contributed by atoms with van der Waals surface area (Å²) in [6.07, 6.45) is 15.4. The maximum absolute atomic E-state index is 11.7. The van der Waals surface area contributed by atoms with Crippen molar-refractivity contribution in [1.82, 2.24) is 0 Å². The Morgan fingerprint density at radius 2 is 1.26 bits per heavy atom. The zero-order valence-electron chi connectivity index (χ0n) is 12.9. The summed E-state index contributed by atoms with van der Waals surface area (Å²) in [7, 11) is 0. The molecule has 0 fully saturated rings. The molecule has 0 amide bonds. The van der Waals surface area contributed by atoms with Crippen molar-refractivity contribution in [2.75, 3.05) is 0 Å². The van der Waals surface area contributed by atoms with Crippen molar-refractivity contribution in [3.8, 4) is 0 Å². The van der Waals surface area contributed by atoms with Gasteiger partial charge < -0.3 is 10.2 Å². The van der Waals surface area contributed by atoms with Gasteiger partial charge in [0.2, 0.25) is 0 Å². The molecule has 118 valence electrons. The summed E-state index contributed by atoms with van der Waals surface area (Å²) >= 11 is 0. The third-order valence-electron chi connectivity index (χ3n) is 3.27. The van der Waals surface area contributed by atoms with E-state index in [9.17, 15) is 10.2 Å². The van der Waals surface area contributed by atoms with Crippen molar-refractivity contribution in [3.05, 3.63) is 101 Å². The molecule has 2 aliphatic rings. The van der Waals surface area contributed by atoms with Crippen LogP contribution >= 0.6 is 0 Å². The summed E-state index contributed by atoms with van der Waals surface area (Å²) in [5.41, 5.74) is 2.33. The minimum atomic E-state index is 0. The molecule has 23 heavy (non-hydrogen) atoms. The van der Waals surface area contributed by atoms with E-state index in [-0.39, 0.29) is 28.6 Å². The van der Waals surface area contributed by atoms with Crippen LogP contribution < -0.4 is 10.2 Å². The fraction of sp³-hybridized carbons (Fsp3) is 0.100. The fourth-order valence-electron chi connectivity index (χ4n) is 2.05. The molecule has 1 aromatic rings. The van der Waals surface area contributed by atoms with Gasteiger partial charge in [0.15, 0.2) is 0 Å². The van der Waals surface area contributed by atoms with Gasteiger partial charge in [-0.2, -0.15) is 0 Å². The van der Waals surface area contributed by atoms with Crippen molar-refractivity contribution in [3.63, 3.8) is 0 Å². The van der Waals surface area contributed by atoms with Crippen LogP contribution in [0, 0.1) is 0 Å². The standard InChI is InChI=1S/C12H10O.C8H10O.Fe/c13-12(11-8-4-5-9-11)10-6-2-1-3-7-10;1-2-8(9)7-5-3-4-6-7;/h1-9,13H;3-6,9H,2H2,1H3;/q;;+2/p-2. The van der Waals surface area contributed by atoms with Gasteiger partial charge in [-0.25, -0.2) is 0 Å². The first kappa shape index (κ1) is 18.8. The monoisotopic (exact) mass is 346 g/mol. The molecule has 0 heterocycles. The minimum absolute atomic E-state index is 0. The number of hydrogen-bond acceptors (Lipinski definition) is 2. The Balaban J connectivity index is 0.000000235. The van der Waals surface area contributed by atoms with Crippen LogP contribution in [0.3, 0.4) is 0 Å². The van der Waals surface area contributed by atoms with Crippen LogP contribution in [-0.4, -0.2) is 0 Å². The first-order valence-corrected chi connectivity index (χ1v) is 7.28. The van der Waals surface area contributed by atoms with Gasteiger partial charge in [0, 0.05) is 0 Å². The maximum Gasteiger partial charge on any atom is 2.00 e. The minimum Gasteiger partial charge on any atom is -0.875 e. The normalized spacial score (nSPS) is 13.6. The van der Waals surface area contributed by atoms with Crippen molar-refractivity contribution >= 4 is 5.76 Å². The topological polar surface area (TPSA) is 46.1 Å². The van der Waals surface area contributed by atoms with Crippen LogP contribution in [0.5, 0.6) is 0 Å². The van der Waals surface area contributed by atoms with Crippen molar-refractivity contribution in [2.24, 2.45) is 0 Å². The van der Waals surface area contributed by atoms with E-state index >= 15 is 0 Å². The molecule has 0 atom stereocenters. The third-order valence-corrected chi connectivity index (χ3v) is 3.27. The SMILES string of the molecule is CCC([O-])=C1C=CC=C1.[Fe+2].[O-]C(=C1C=CC=C1)c1ccccc1. The summed E-state index contributed by atoms with van der Waals surface area (Å²) in [4.78, 5) is 0. The summed E-state index contributed by atoms with van der Waals surface area (Å²) in [5, 5.41) is 22.6. The van der Waals surface area contributed by atoms with Gasteiger partial charge in [0.25, 0.3) is 0 Å². The zero-order chi connectivity index (χ0) is 15.8. The summed E-state index contributed by atoms with van der Waals surface area (Å²) in [6.45, 7) is 1.87. The molecule has 0 saturated heterocycles. The Labute approximate surface area is 148 Å². The molecule has 0 saturated carbocycles. The molecule has 0 spiro atoms. The number of hydrogen-bond donors (Lipinski definition) is 0. The molecule has 3 heteroatoms. The summed E-state index contributed by atoms with van der Waals surface area (Å²) in [6, 6.07) is 9.30. The van der Waals surface area contributed by atoms with Crippen LogP contribution in [0.25, 0.3) is 5.76 Å². The Morgan fingerprint density at radius 1 is 0.783 bits per heavy atom. The Morgan fingerprint density at radius 3 is 1.74 bits per heavy atom. The van der Waals surface area contributed by atoms with Crippen molar-refractivity contribution in [1.29, 1.82) is 0 Å². The maximum atomic E-state index is 11.7. The van der Waals surface area contributed by atoms with Gasteiger partial charge in [0.05, 0.1) is 0 Å². The molecule has 3 rings (SSSR count). The van der Waals surface area contributed by atoms with Crippen molar-refractivity contribution < 1.29 is 27.3 Å². The van der Waals surface area contributed by atoms with E-state index in [4.69, 9.17) is 0 Å². The molecule has 2 nitrogen and oxygen atoms in total.